The number of carbonyl (C=O) groups excluding carboxylic acids is 1. The quantitative estimate of drug-likeness (QED) is 0.328. The second kappa shape index (κ2) is 6.29. The Balaban J connectivity index is 1.43. The molecular formula is C30H46O3. The molecule has 0 radical (unpaired) electrons. The monoisotopic (exact) mass is 454 g/mol. The van der Waals surface area contributed by atoms with Gasteiger partial charge in [0.1, 0.15) is 6.10 Å². The van der Waals surface area contributed by atoms with Gasteiger partial charge in [0, 0.05) is 11.8 Å². The molecule has 10 atom stereocenters. The Kier molecular flexibility index (Phi) is 4.31. The van der Waals surface area contributed by atoms with Gasteiger partial charge in [-0.15, -0.1) is 0 Å². The van der Waals surface area contributed by atoms with Gasteiger partial charge < -0.3 is 9.84 Å². The van der Waals surface area contributed by atoms with E-state index in [4.69, 9.17) is 4.74 Å². The van der Waals surface area contributed by atoms with E-state index in [1.165, 1.54) is 32.1 Å². The molecular weight excluding hydrogens is 408 g/mol. The molecule has 0 aromatic rings. The Bertz CT molecular complexity index is 935. The normalized spacial score (nSPS) is 58.8. The van der Waals surface area contributed by atoms with E-state index in [0.29, 0.717) is 17.8 Å². The number of hydrogen-bond donors (Lipinski definition) is 1. The van der Waals surface area contributed by atoms with E-state index in [1.807, 2.05) is 0 Å². The summed E-state index contributed by atoms with van der Waals surface area (Å²) in [4.78, 5) is 12.8. The van der Waals surface area contributed by atoms with Crippen LogP contribution in [0.4, 0.5) is 0 Å². The van der Waals surface area contributed by atoms with E-state index in [1.54, 1.807) is 5.57 Å². The molecule has 4 saturated carbocycles. The molecule has 3 nitrogen and oxygen atoms in total. The molecule has 5 aliphatic carbocycles. The van der Waals surface area contributed by atoms with E-state index >= 15 is 0 Å². The lowest BCUT2D eigenvalue weighted by atomic mass is 9.33. The van der Waals surface area contributed by atoms with Crippen LogP contribution in [-0.2, 0) is 9.53 Å². The van der Waals surface area contributed by atoms with Gasteiger partial charge in [-0.1, -0.05) is 53.2 Å². The molecule has 1 N–H and O–H groups in total. The first-order valence-electron chi connectivity index (χ1n) is 13.8. The molecule has 0 aromatic carbocycles. The zero-order valence-electron chi connectivity index (χ0n) is 22.1. The minimum Gasteiger partial charge on any atom is -0.461 e. The fourth-order valence-corrected chi connectivity index (χ4v) is 11.1. The van der Waals surface area contributed by atoms with Crippen molar-refractivity contribution in [1.82, 2.24) is 0 Å². The molecule has 0 aromatic heterocycles. The van der Waals surface area contributed by atoms with Gasteiger partial charge in [-0.3, -0.25) is 4.79 Å². The highest BCUT2D eigenvalue weighted by Crippen LogP contribution is 2.76. The van der Waals surface area contributed by atoms with Crippen LogP contribution in [0, 0.1) is 50.2 Å². The van der Waals surface area contributed by atoms with E-state index < -0.39 is 0 Å². The van der Waals surface area contributed by atoms with Crippen LogP contribution < -0.4 is 0 Å². The molecule has 6 aliphatic rings. The first-order valence-corrected chi connectivity index (χ1v) is 13.8. The summed E-state index contributed by atoms with van der Waals surface area (Å²) in [6, 6.07) is 0. The zero-order valence-corrected chi connectivity index (χ0v) is 22.1. The lowest BCUT2D eigenvalue weighted by Gasteiger charge is -2.71. The van der Waals surface area contributed by atoms with Crippen molar-refractivity contribution in [2.45, 2.75) is 118 Å². The number of esters is 1. The smallest absolute Gasteiger partial charge is 0.312 e. The first kappa shape index (κ1) is 22.6. The van der Waals surface area contributed by atoms with Crippen LogP contribution >= 0.6 is 0 Å². The van der Waals surface area contributed by atoms with Crippen LogP contribution in [0.15, 0.2) is 11.6 Å². The van der Waals surface area contributed by atoms with Crippen LogP contribution in [0.5, 0.6) is 0 Å². The molecule has 6 rings (SSSR count). The molecule has 184 valence electrons. The van der Waals surface area contributed by atoms with Gasteiger partial charge in [0.15, 0.2) is 0 Å². The standard InChI is InChI=1S/C30H46O3/c1-25(2)20-10-13-30(7)21(28(20,5)12-11-22(25)31)9-8-18-19-16-26(3)17-23(33-24(26)32)27(19,4)14-15-29(18,30)6/h8,19-23,31H,9-17H2,1-7H3/t19-,20+,21+,22-,23-,26-,27+,28-,29+,30+/m0/s1. The number of carbonyl (C=O) groups is 1. The second-order valence-corrected chi connectivity index (χ2v) is 15.1. The third-order valence-electron chi connectivity index (χ3n) is 13.6. The summed E-state index contributed by atoms with van der Waals surface area (Å²) in [6.07, 6.45) is 12.6. The van der Waals surface area contributed by atoms with Crippen LogP contribution in [0.3, 0.4) is 0 Å². The number of ether oxygens (including phenoxy) is 1. The van der Waals surface area contributed by atoms with Crippen molar-refractivity contribution in [2.24, 2.45) is 50.2 Å². The number of aliphatic hydroxyl groups excluding tert-OH is 1. The van der Waals surface area contributed by atoms with Gasteiger partial charge in [0.25, 0.3) is 0 Å². The van der Waals surface area contributed by atoms with Gasteiger partial charge >= 0.3 is 5.97 Å². The predicted molar refractivity (Wildman–Crippen MR) is 130 cm³/mol. The van der Waals surface area contributed by atoms with Crippen molar-refractivity contribution in [3.05, 3.63) is 11.6 Å². The number of aliphatic hydroxyl groups is 1. The van der Waals surface area contributed by atoms with Gasteiger partial charge in [-0.2, -0.15) is 0 Å². The lowest BCUT2D eigenvalue weighted by Crippen LogP contribution is -2.65. The van der Waals surface area contributed by atoms with Crippen molar-refractivity contribution in [2.75, 3.05) is 0 Å². The van der Waals surface area contributed by atoms with E-state index in [2.05, 4.69) is 54.5 Å². The summed E-state index contributed by atoms with van der Waals surface area (Å²) in [5.41, 5.74) is 2.25. The minimum atomic E-state index is -0.293. The molecule has 1 saturated heterocycles. The number of hydrogen-bond acceptors (Lipinski definition) is 3. The van der Waals surface area contributed by atoms with E-state index in [9.17, 15) is 9.90 Å². The number of allylic oxidation sites excluding steroid dienone is 2. The van der Waals surface area contributed by atoms with Crippen LogP contribution in [-0.4, -0.2) is 23.3 Å². The predicted octanol–water partition coefficient (Wildman–Crippen LogP) is 6.68. The Morgan fingerprint density at radius 2 is 1.61 bits per heavy atom. The summed E-state index contributed by atoms with van der Waals surface area (Å²) in [5, 5.41) is 10.9. The fourth-order valence-electron chi connectivity index (χ4n) is 11.1. The van der Waals surface area contributed by atoms with Crippen molar-refractivity contribution in [3.8, 4) is 0 Å². The Hall–Kier alpha value is -0.830. The molecule has 33 heavy (non-hydrogen) atoms. The third-order valence-corrected chi connectivity index (χ3v) is 13.6. The average Bonchev–Trinajstić information content (AvgIpc) is 3.00. The van der Waals surface area contributed by atoms with Crippen molar-refractivity contribution in [3.63, 3.8) is 0 Å². The second-order valence-electron chi connectivity index (χ2n) is 15.1. The van der Waals surface area contributed by atoms with Gasteiger partial charge in [0.05, 0.1) is 11.5 Å². The fraction of sp³-hybridized carbons (Fsp3) is 0.900. The topological polar surface area (TPSA) is 46.5 Å². The average molecular weight is 455 g/mol. The molecule has 1 heterocycles. The Morgan fingerprint density at radius 3 is 2.33 bits per heavy atom. The van der Waals surface area contributed by atoms with Crippen LogP contribution in [0.2, 0.25) is 0 Å². The van der Waals surface area contributed by atoms with E-state index in [-0.39, 0.29) is 50.7 Å². The maximum Gasteiger partial charge on any atom is 0.312 e. The van der Waals surface area contributed by atoms with Crippen LogP contribution in [0.25, 0.3) is 0 Å². The Labute approximate surface area is 201 Å². The highest BCUT2D eigenvalue weighted by Gasteiger charge is 2.70. The van der Waals surface area contributed by atoms with Crippen molar-refractivity contribution >= 4 is 5.97 Å². The van der Waals surface area contributed by atoms with Crippen molar-refractivity contribution in [1.29, 1.82) is 0 Å². The summed E-state index contributed by atoms with van der Waals surface area (Å²) in [5.74, 6) is 1.79. The Morgan fingerprint density at radius 1 is 0.879 bits per heavy atom. The summed E-state index contributed by atoms with van der Waals surface area (Å²) < 4.78 is 6.03. The molecule has 0 amide bonds. The molecule has 0 spiro atoms. The van der Waals surface area contributed by atoms with E-state index in [0.717, 1.165) is 25.7 Å². The third kappa shape index (κ3) is 2.44. The zero-order chi connectivity index (χ0) is 23.8. The highest BCUT2D eigenvalue weighted by atomic mass is 16.6. The SMILES string of the molecule is CC1(C)[C@H]2CC[C@]3(C)[C@H](CC=C4[C@@H]5C[C@@]6(C)C[C@H](OC6=O)[C@]5(C)CC[C@]43C)[C@@]2(C)CC[C@@H]1O. The maximum absolute atomic E-state index is 12.8. The minimum absolute atomic E-state index is 0.000773. The highest BCUT2D eigenvalue weighted by molar-refractivity contribution is 5.79. The summed E-state index contributed by atoms with van der Waals surface area (Å²) in [7, 11) is 0. The molecule has 0 unspecified atom stereocenters. The maximum atomic E-state index is 12.8. The molecule has 1 aliphatic heterocycles. The first-order chi connectivity index (χ1) is 15.2. The number of fused-ring (bicyclic) bond motifs is 10. The van der Waals surface area contributed by atoms with Gasteiger partial charge in [-0.05, 0) is 97.7 Å². The lowest BCUT2D eigenvalue weighted by molar-refractivity contribution is -0.204. The largest absolute Gasteiger partial charge is 0.461 e. The van der Waals surface area contributed by atoms with Gasteiger partial charge in [0.2, 0.25) is 0 Å². The molecule has 5 fully saturated rings. The number of rotatable bonds is 0. The van der Waals surface area contributed by atoms with Gasteiger partial charge in [-0.25, -0.2) is 0 Å². The molecule has 2 bridgehead atoms. The van der Waals surface area contributed by atoms with Crippen LogP contribution in [0.1, 0.15) is 106 Å². The summed E-state index contributed by atoms with van der Waals surface area (Å²) in [6.45, 7) is 17.1. The summed E-state index contributed by atoms with van der Waals surface area (Å²) >= 11 is 0. The molecule has 3 heteroatoms. The van der Waals surface area contributed by atoms with Crippen molar-refractivity contribution < 1.29 is 14.6 Å².